The van der Waals surface area contributed by atoms with Crippen molar-refractivity contribution in [3.05, 3.63) is 52.4 Å². The van der Waals surface area contributed by atoms with Gasteiger partial charge in [-0.15, -0.1) is 0 Å². The molecule has 5 nitrogen and oxygen atoms in total. The summed E-state index contributed by atoms with van der Waals surface area (Å²) in [5.74, 6) is -0.300. The molecule has 0 amide bonds. The van der Waals surface area contributed by atoms with E-state index >= 15 is 0 Å². The molecule has 0 aliphatic heterocycles. The highest BCUT2D eigenvalue weighted by atomic mass is 16.5. The van der Waals surface area contributed by atoms with E-state index < -0.39 is 11.4 Å². The smallest absolute Gasteiger partial charge is 0.308 e. The normalized spacial score (nSPS) is 10.8. The molecule has 2 heterocycles. The second-order valence-corrected chi connectivity index (χ2v) is 4.84. The summed E-state index contributed by atoms with van der Waals surface area (Å²) in [6.45, 7) is 3.23. The third-order valence-corrected chi connectivity index (χ3v) is 3.31. The van der Waals surface area contributed by atoms with E-state index in [1.807, 2.05) is 13.0 Å². The molecule has 3 rings (SSSR count). The van der Waals surface area contributed by atoms with Crippen LogP contribution in [0.3, 0.4) is 0 Å². The van der Waals surface area contributed by atoms with Gasteiger partial charge in [0.05, 0.1) is 11.6 Å². The van der Waals surface area contributed by atoms with Gasteiger partial charge in [0.1, 0.15) is 5.58 Å². The number of ether oxygens (including phenoxy) is 1. The third-order valence-electron chi connectivity index (χ3n) is 3.31. The van der Waals surface area contributed by atoms with Crippen molar-refractivity contribution in [2.45, 2.75) is 20.3 Å². The van der Waals surface area contributed by atoms with Crippen LogP contribution in [0.25, 0.3) is 22.5 Å². The van der Waals surface area contributed by atoms with Crippen LogP contribution < -0.4 is 10.2 Å². The van der Waals surface area contributed by atoms with E-state index in [1.54, 1.807) is 24.3 Å². The molecule has 0 aliphatic carbocycles. The van der Waals surface area contributed by atoms with Gasteiger partial charge in [0, 0.05) is 6.92 Å². The van der Waals surface area contributed by atoms with Crippen molar-refractivity contribution in [1.82, 2.24) is 0 Å². The van der Waals surface area contributed by atoms with Crippen molar-refractivity contribution < 1.29 is 18.4 Å². The largest absolute Gasteiger partial charge is 0.461 e. The number of fused-ring (bicyclic) bond motifs is 1. The molecule has 0 N–H and O–H groups in total. The number of aryl methyl sites for hydroxylation is 1. The fraction of sp³-hybridized carbons (Fsp3) is 0.176. The minimum atomic E-state index is -0.592. The highest BCUT2D eigenvalue weighted by Crippen LogP contribution is 2.31. The number of furan rings is 1. The first-order valence-electron chi connectivity index (χ1n) is 6.92. The summed E-state index contributed by atoms with van der Waals surface area (Å²) in [5, 5.41) is 0.380. The average molecular weight is 298 g/mol. The maximum absolute atomic E-state index is 12.7. The van der Waals surface area contributed by atoms with E-state index in [4.69, 9.17) is 13.6 Å². The average Bonchev–Trinajstić information content (AvgIpc) is 3.03. The maximum atomic E-state index is 12.7. The van der Waals surface area contributed by atoms with Crippen molar-refractivity contribution >= 4 is 16.9 Å². The minimum absolute atomic E-state index is 0.113. The highest BCUT2D eigenvalue weighted by molar-refractivity contribution is 5.83. The zero-order chi connectivity index (χ0) is 15.7. The molecule has 0 aliphatic rings. The van der Waals surface area contributed by atoms with Crippen molar-refractivity contribution in [3.63, 3.8) is 0 Å². The zero-order valence-corrected chi connectivity index (χ0v) is 12.2. The van der Waals surface area contributed by atoms with Crippen LogP contribution in [0.2, 0.25) is 0 Å². The first-order chi connectivity index (χ1) is 10.6. The van der Waals surface area contributed by atoms with Gasteiger partial charge >= 0.3 is 5.97 Å². The standard InChI is InChI=1S/C17H14O5/c1-3-11-6-7-13-12(9-11)15(19)17(21-10(2)18)16(22-13)14-5-4-8-20-14/h4-9H,3H2,1-2H3. The lowest BCUT2D eigenvalue weighted by atomic mass is 10.1. The minimum Gasteiger partial charge on any atom is -0.461 e. The van der Waals surface area contributed by atoms with Crippen LogP contribution in [0.4, 0.5) is 0 Å². The van der Waals surface area contributed by atoms with Gasteiger partial charge in [0.25, 0.3) is 0 Å². The predicted octanol–water partition coefficient (Wildman–Crippen LogP) is 3.54. The molecule has 112 valence electrons. The van der Waals surface area contributed by atoms with Crippen LogP contribution in [0.1, 0.15) is 19.4 Å². The maximum Gasteiger partial charge on any atom is 0.308 e. The number of rotatable bonds is 3. The van der Waals surface area contributed by atoms with E-state index in [0.29, 0.717) is 16.7 Å². The highest BCUT2D eigenvalue weighted by Gasteiger charge is 2.21. The van der Waals surface area contributed by atoms with Crippen molar-refractivity contribution in [2.75, 3.05) is 0 Å². The van der Waals surface area contributed by atoms with E-state index in [1.165, 1.54) is 13.2 Å². The fourth-order valence-corrected chi connectivity index (χ4v) is 2.25. The van der Waals surface area contributed by atoms with Crippen LogP contribution in [-0.2, 0) is 11.2 Å². The Morgan fingerprint density at radius 3 is 2.73 bits per heavy atom. The molecule has 0 atom stereocenters. The van der Waals surface area contributed by atoms with Crippen molar-refractivity contribution in [2.24, 2.45) is 0 Å². The van der Waals surface area contributed by atoms with Crippen LogP contribution in [-0.4, -0.2) is 5.97 Å². The zero-order valence-electron chi connectivity index (χ0n) is 12.2. The number of benzene rings is 1. The topological polar surface area (TPSA) is 69.7 Å². The van der Waals surface area contributed by atoms with E-state index in [2.05, 4.69) is 0 Å². The summed E-state index contributed by atoms with van der Waals surface area (Å²) in [7, 11) is 0. The van der Waals surface area contributed by atoms with Crippen molar-refractivity contribution in [1.29, 1.82) is 0 Å². The third kappa shape index (κ3) is 2.41. The lowest BCUT2D eigenvalue weighted by Gasteiger charge is -2.08. The van der Waals surface area contributed by atoms with Gasteiger partial charge in [0.15, 0.2) is 5.76 Å². The first kappa shape index (κ1) is 14.1. The first-order valence-corrected chi connectivity index (χ1v) is 6.92. The lowest BCUT2D eigenvalue weighted by molar-refractivity contribution is -0.132. The van der Waals surface area contributed by atoms with Gasteiger partial charge in [-0.3, -0.25) is 9.59 Å². The summed E-state index contributed by atoms with van der Waals surface area (Å²) >= 11 is 0. The quantitative estimate of drug-likeness (QED) is 0.692. The molecule has 0 radical (unpaired) electrons. The Morgan fingerprint density at radius 2 is 2.09 bits per heavy atom. The molecule has 5 heteroatoms. The van der Waals surface area contributed by atoms with Gasteiger partial charge in [-0.25, -0.2) is 0 Å². The molecule has 0 unspecified atom stereocenters. The molecular weight excluding hydrogens is 284 g/mol. The molecule has 0 fully saturated rings. The van der Waals surface area contributed by atoms with E-state index in [-0.39, 0.29) is 11.5 Å². The Kier molecular flexibility index (Phi) is 3.55. The van der Waals surface area contributed by atoms with Crippen LogP contribution in [0.5, 0.6) is 5.75 Å². The van der Waals surface area contributed by atoms with Crippen molar-refractivity contribution in [3.8, 4) is 17.3 Å². The van der Waals surface area contributed by atoms with E-state index in [9.17, 15) is 9.59 Å². The SMILES string of the molecule is CCc1ccc2oc(-c3ccco3)c(OC(C)=O)c(=O)c2c1. The Labute approximate surface area is 126 Å². The molecule has 0 saturated carbocycles. The number of carbonyl (C=O) groups is 1. The molecule has 3 aromatic rings. The van der Waals surface area contributed by atoms with Gasteiger partial charge in [-0.2, -0.15) is 0 Å². The Bertz CT molecular complexity index is 887. The van der Waals surface area contributed by atoms with Crippen LogP contribution >= 0.6 is 0 Å². The fourth-order valence-electron chi connectivity index (χ4n) is 2.25. The Morgan fingerprint density at radius 1 is 1.27 bits per heavy atom. The van der Waals surface area contributed by atoms with Gasteiger partial charge in [-0.05, 0) is 36.2 Å². The lowest BCUT2D eigenvalue weighted by Crippen LogP contribution is -2.13. The summed E-state index contributed by atoms with van der Waals surface area (Å²) in [6.07, 6.45) is 2.25. The summed E-state index contributed by atoms with van der Waals surface area (Å²) < 4.78 is 16.1. The number of esters is 1. The Balaban J connectivity index is 2.34. The molecule has 2 aromatic heterocycles. The van der Waals surface area contributed by atoms with Gasteiger partial charge < -0.3 is 13.6 Å². The number of hydrogen-bond acceptors (Lipinski definition) is 5. The summed E-state index contributed by atoms with van der Waals surface area (Å²) in [6, 6.07) is 8.68. The second kappa shape index (κ2) is 5.52. The molecule has 22 heavy (non-hydrogen) atoms. The van der Waals surface area contributed by atoms with Crippen LogP contribution in [0.15, 0.2) is 50.2 Å². The van der Waals surface area contributed by atoms with Gasteiger partial charge in [-0.1, -0.05) is 13.0 Å². The Hall–Kier alpha value is -2.82. The molecule has 0 spiro atoms. The number of hydrogen-bond donors (Lipinski definition) is 0. The summed E-state index contributed by atoms with van der Waals surface area (Å²) in [4.78, 5) is 24.0. The molecule has 1 aromatic carbocycles. The van der Waals surface area contributed by atoms with E-state index in [0.717, 1.165) is 12.0 Å². The predicted molar refractivity (Wildman–Crippen MR) is 80.9 cm³/mol. The molecule has 0 saturated heterocycles. The molecular formula is C17H14O5. The number of carbonyl (C=O) groups excluding carboxylic acids is 1. The summed E-state index contributed by atoms with van der Waals surface area (Å²) in [5.41, 5.74) is 1.03. The molecule has 0 bridgehead atoms. The second-order valence-electron chi connectivity index (χ2n) is 4.84. The van der Waals surface area contributed by atoms with Gasteiger partial charge in [0.2, 0.25) is 16.9 Å². The monoisotopic (exact) mass is 298 g/mol. The van der Waals surface area contributed by atoms with Crippen LogP contribution in [0, 0.1) is 0 Å².